The first-order valence-corrected chi connectivity index (χ1v) is 10.8. The van der Waals surface area contributed by atoms with Crippen LogP contribution in [-0.2, 0) is 20.1 Å². The van der Waals surface area contributed by atoms with Gasteiger partial charge in [-0.3, -0.25) is 19.7 Å². The highest BCUT2D eigenvalue weighted by Gasteiger charge is 2.19. The van der Waals surface area contributed by atoms with Gasteiger partial charge in [0.25, 0.3) is 11.1 Å². The van der Waals surface area contributed by atoms with E-state index in [1.807, 2.05) is 37.3 Å². The Bertz CT molecular complexity index is 1820. The molecule has 10 heteroatoms. The van der Waals surface area contributed by atoms with Crippen molar-refractivity contribution >= 4 is 32.7 Å². The van der Waals surface area contributed by atoms with Crippen LogP contribution in [0.2, 0.25) is 0 Å². The number of nitrogens with one attached hydrogen (secondary N) is 1. The summed E-state index contributed by atoms with van der Waals surface area (Å²) in [6.07, 6.45) is 6.68. The molecule has 0 fully saturated rings. The first-order valence-electron chi connectivity index (χ1n) is 10.8. The van der Waals surface area contributed by atoms with E-state index in [2.05, 4.69) is 25.4 Å². The van der Waals surface area contributed by atoms with E-state index in [9.17, 15) is 9.59 Å². The van der Waals surface area contributed by atoms with E-state index < -0.39 is 0 Å². The molecule has 5 heterocycles. The Kier molecular flexibility index (Phi) is 4.41. The van der Waals surface area contributed by atoms with Gasteiger partial charge in [-0.05, 0) is 30.2 Å². The number of fused-ring (bicyclic) bond motifs is 4. The summed E-state index contributed by atoms with van der Waals surface area (Å²) in [5.74, 6) is 0. The minimum Gasteiger partial charge on any atom is -0.338 e. The molecule has 1 aromatic carbocycles. The molecule has 0 aliphatic heterocycles. The van der Waals surface area contributed by atoms with Crippen LogP contribution in [-0.4, -0.2) is 39.3 Å². The van der Waals surface area contributed by atoms with Crippen LogP contribution < -0.4 is 11.1 Å². The molecular weight excluding hydrogens is 432 g/mol. The topological polar surface area (TPSA) is 116 Å². The zero-order chi connectivity index (χ0) is 23.4. The number of hydrogen-bond acceptors (Lipinski definition) is 6. The summed E-state index contributed by atoms with van der Waals surface area (Å²) in [5.41, 5.74) is 4.05. The lowest BCUT2D eigenvalue weighted by molar-refractivity contribution is 0.644. The highest BCUT2D eigenvalue weighted by atomic mass is 16.1. The normalized spacial score (nSPS) is 11.7. The van der Waals surface area contributed by atoms with Crippen LogP contribution in [0, 0.1) is 6.92 Å². The van der Waals surface area contributed by atoms with Crippen molar-refractivity contribution in [2.75, 3.05) is 0 Å². The number of hydrogen-bond donors (Lipinski definition) is 1. The summed E-state index contributed by atoms with van der Waals surface area (Å²) >= 11 is 0. The Morgan fingerprint density at radius 2 is 1.71 bits per heavy atom. The molecule has 34 heavy (non-hydrogen) atoms. The smallest absolute Gasteiger partial charge is 0.291 e. The second-order valence-corrected chi connectivity index (χ2v) is 8.35. The van der Waals surface area contributed by atoms with Crippen molar-refractivity contribution in [2.24, 2.45) is 7.05 Å². The lowest BCUT2D eigenvalue weighted by Gasteiger charge is -2.06. The molecule has 6 rings (SSSR count). The number of aryl methyl sites for hydroxylation is 2. The number of pyridine rings is 1. The quantitative estimate of drug-likeness (QED) is 0.438. The van der Waals surface area contributed by atoms with E-state index in [4.69, 9.17) is 0 Å². The van der Waals surface area contributed by atoms with Crippen LogP contribution in [0.5, 0.6) is 0 Å². The summed E-state index contributed by atoms with van der Waals surface area (Å²) in [5, 5.41) is 17.7. The molecule has 0 spiro atoms. The molecule has 168 valence electrons. The minimum absolute atomic E-state index is 0.272. The molecule has 0 amide bonds. The average Bonchev–Trinajstić information content (AvgIpc) is 3.43. The third-order valence-corrected chi connectivity index (χ3v) is 6.21. The van der Waals surface area contributed by atoms with Crippen molar-refractivity contribution in [3.8, 4) is 0 Å². The van der Waals surface area contributed by atoms with E-state index in [0.29, 0.717) is 21.8 Å². The van der Waals surface area contributed by atoms with Gasteiger partial charge in [0.2, 0.25) is 0 Å². The van der Waals surface area contributed by atoms with E-state index in [1.165, 1.54) is 9.36 Å². The fraction of sp³-hybridized carbons (Fsp3) is 0.167. The molecule has 0 saturated heterocycles. The predicted molar refractivity (Wildman–Crippen MR) is 128 cm³/mol. The van der Waals surface area contributed by atoms with Crippen LogP contribution in [0.4, 0.5) is 0 Å². The molecule has 0 atom stereocenters. The van der Waals surface area contributed by atoms with Crippen molar-refractivity contribution in [3.05, 3.63) is 92.6 Å². The van der Waals surface area contributed by atoms with Crippen molar-refractivity contribution in [1.82, 2.24) is 39.3 Å². The zero-order valence-corrected chi connectivity index (χ0v) is 18.6. The van der Waals surface area contributed by atoms with Gasteiger partial charge in [0.15, 0.2) is 0 Å². The SMILES string of the molecule is Cc1ccc(Cn2ncc3c(c2=O)c2cnn(Cc4cccc5[nH]ncc45)c(=O)c2n3C)cn1. The van der Waals surface area contributed by atoms with Gasteiger partial charge in [-0.1, -0.05) is 18.2 Å². The lowest BCUT2D eigenvalue weighted by atomic mass is 10.1. The van der Waals surface area contributed by atoms with Crippen LogP contribution in [0.1, 0.15) is 16.8 Å². The summed E-state index contributed by atoms with van der Waals surface area (Å²) < 4.78 is 4.52. The predicted octanol–water partition coefficient (Wildman–Crippen LogP) is 2.12. The van der Waals surface area contributed by atoms with Crippen LogP contribution in [0.3, 0.4) is 0 Å². The van der Waals surface area contributed by atoms with Crippen molar-refractivity contribution < 1.29 is 0 Å². The fourth-order valence-corrected chi connectivity index (χ4v) is 4.41. The van der Waals surface area contributed by atoms with Gasteiger partial charge in [0, 0.05) is 29.7 Å². The fourth-order valence-electron chi connectivity index (χ4n) is 4.41. The minimum atomic E-state index is -0.273. The molecule has 1 N–H and O–H groups in total. The van der Waals surface area contributed by atoms with Gasteiger partial charge >= 0.3 is 0 Å². The molecule has 0 saturated carbocycles. The first-order chi connectivity index (χ1) is 16.5. The average molecular weight is 452 g/mol. The van der Waals surface area contributed by atoms with E-state index in [1.54, 1.807) is 36.4 Å². The summed E-state index contributed by atoms with van der Waals surface area (Å²) in [7, 11) is 1.77. The molecule has 0 unspecified atom stereocenters. The number of benzene rings is 1. The van der Waals surface area contributed by atoms with E-state index in [-0.39, 0.29) is 24.2 Å². The molecule has 0 aliphatic carbocycles. The molecule has 0 aliphatic rings. The van der Waals surface area contributed by atoms with Crippen molar-refractivity contribution in [2.45, 2.75) is 20.0 Å². The Morgan fingerprint density at radius 3 is 2.53 bits per heavy atom. The van der Waals surface area contributed by atoms with Gasteiger partial charge in [0.05, 0.1) is 48.1 Å². The molecule has 6 aromatic rings. The Balaban J connectivity index is 1.48. The zero-order valence-electron chi connectivity index (χ0n) is 18.6. The molecule has 5 aromatic heterocycles. The molecule has 0 bridgehead atoms. The standard InChI is InChI=1S/C24H20N8O2/c1-14-6-7-15(8-25-14)12-31-23(33)21-18-10-27-32(24(34)22(18)30(2)20(21)11-28-31)13-16-4-3-5-19-17(16)9-26-29-19/h3-11H,12-13H2,1-2H3,(H,26,29). The monoisotopic (exact) mass is 452 g/mol. The Labute approximate surface area is 192 Å². The Morgan fingerprint density at radius 1 is 0.882 bits per heavy atom. The van der Waals surface area contributed by atoms with E-state index >= 15 is 0 Å². The Hall–Kier alpha value is -4.60. The van der Waals surface area contributed by atoms with Gasteiger partial charge in [-0.2, -0.15) is 15.3 Å². The highest BCUT2D eigenvalue weighted by Crippen LogP contribution is 2.22. The first kappa shape index (κ1) is 20.0. The number of aromatic nitrogens is 8. The summed E-state index contributed by atoms with van der Waals surface area (Å²) in [4.78, 5) is 31.1. The summed E-state index contributed by atoms with van der Waals surface area (Å²) in [6.45, 7) is 2.49. The maximum Gasteiger partial charge on any atom is 0.291 e. The molecule has 10 nitrogen and oxygen atoms in total. The second kappa shape index (κ2) is 7.48. The van der Waals surface area contributed by atoms with Crippen LogP contribution in [0.25, 0.3) is 32.7 Å². The highest BCUT2D eigenvalue weighted by molar-refractivity contribution is 6.06. The number of H-pyrrole nitrogens is 1. The maximum atomic E-state index is 13.4. The largest absolute Gasteiger partial charge is 0.338 e. The lowest BCUT2D eigenvalue weighted by Crippen LogP contribution is -2.24. The van der Waals surface area contributed by atoms with Gasteiger partial charge in [-0.25, -0.2) is 9.36 Å². The second-order valence-electron chi connectivity index (χ2n) is 8.35. The van der Waals surface area contributed by atoms with Crippen molar-refractivity contribution in [3.63, 3.8) is 0 Å². The third kappa shape index (κ3) is 3.03. The van der Waals surface area contributed by atoms with Crippen molar-refractivity contribution in [1.29, 1.82) is 0 Å². The number of aromatic amines is 1. The summed E-state index contributed by atoms with van der Waals surface area (Å²) in [6, 6.07) is 9.60. The third-order valence-electron chi connectivity index (χ3n) is 6.21. The van der Waals surface area contributed by atoms with Gasteiger partial charge < -0.3 is 4.57 Å². The van der Waals surface area contributed by atoms with Crippen LogP contribution >= 0.6 is 0 Å². The van der Waals surface area contributed by atoms with Gasteiger partial charge in [-0.15, -0.1) is 0 Å². The van der Waals surface area contributed by atoms with Gasteiger partial charge in [0.1, 0.15) is 5.52 Å². The van der Waals surface area contributed by atoms with Crippen LogP contribution in [0.15, 0.2) is 64.7 Å². The maximum absolute atomic E-state index is 13.4. The van der Waals surface area contributed by atoms with E-state index in [0.717, 1.165) is 27.7 Å². The molecular formula is C24H20N8O2. The number of rotatable bonds is 4. The number of nitrogens with zero attached hydrogens (tertiary/aromatic N) is 7. The molecule has 0 radical (unpaired) electrons.